The van der Waals surface area contributed by atoms with Gasteiger partial charge in [0.2, 0.25) is 0 Å². The van der Waals surface area contributed by atoms with E-state index in [0.717, 1.165) is 12.1 Å². The zero-order chi connectivity index (χ0) is 14.7. The van der Waals surface area contributed by atoms with Crippen LogP contribution in [-0.2, 0) is 4.74 Å². The van der Waals surface area contributed by atoms with E-state index in [4.69, 9.17) is 4.74 Å². The van der Waals surface area contributed by atoms with Crippen molar-refractivity contribution in [3.05, 3.63) is 35.4 Å². The summed E-state index contributed by atoms with van der Waals surface area (Å²) in [5.41, 5.74) is -0.0999. The zero-order valence-electron chi connectivity index (χ0n) is 11.6. The number of amides is 1. The second-order valence-electron chi connectivity index (χ2n) is 5.11. The first-order chi connectivity index (χ1) is 9.49. The molecule has 1 saturated heterocycles. The molecule has 1 fully saturated rings. The van der Waals surface area contributed by atoms with Crippen LogP contribution in [0.5, 0.6) is 0 Å². The molecular formula is C14H18F2N2O2. The number of hydrogen-bond acceptors (Lipinski definition) is 3. The molecule has 1 aliphatic rings. The minimum atomic E-state index is -0.829. The summed E-state index contributed by atoms with van der Waals surface area (Å²) < 4.78 is 32.0. The molecule has 0 N–H and O–H groups in total. The van der Waals surface area contributed by atoms with Gasteiger partial charge in [-0.1, -0.05) is 0 Å². The van der Waals surface area contributed by atoms with Gasteiger partial charge in [0.05, 0.1) is 24.8 Å². The number of carbonyl (C=O) groups excluding carboxylic acids is 1. The first kappa shape index (κ1) is 14.9. The van der Waals surface area contributed by atoms with Crippen molar-refractivity contribution in [2.75, 3.05) is 40.4 Å². The van der Waals surface area contributed by atoms with E-state index in [1.54, 1.807) is 4.90 Å². The molecule has 1 aliphatic heterocycles. The van der Waals surface area contributed by atoms with Gasteiger partial charge in [0.15, 0.2) is 0 Å². The molecule has 1 unspecified atom stereocenters. The first-order valence-corrected chi connectivity index (χ1v) is 6.47. The number of benzene rings is 1. The fraction of sp³-hybridized carbons (Fsp3) is 0.500. The lowest BCUT2D eigenvalue weighted by atomic mass is 10.1. The Morgan fingerprint density at radius 3 is 2.85 bits per heavy atom. The van der Waals surface area contributed by atoms with Gasteiger partial charge in [-0.05, 0) is 26.2 Å². The highest BCUT2D eigenvalue weighted by atomic mass is 19.1. The van der Waals surface area contributed by atoms with Crippen LogP contribution < -0.4 is 0 Å². The van der Waals surface area contributed by atoms with Crippen molar-refractivity contribution < 1.29 is 18.3 Å². The molecule has 0 bridgehead atoms. The van der Waals surface area contributed by atoms with Gasteiger partial charge in [-0.15, -0.1) is 0 Å². The maximum absolute atomic E-state index is 13.7. The fourth-order valence-corrected chi connectivity index (χ4v) is 2.31. The van der Waals surface area contributed by atoms with Crippen LogP contribution in [0, 0.1) is 11.6 Å². The van der Waals surface area contributed by atoms with Crippen molar-refractivity contribution in [3.8, 4) is 0 Å². The van der Waals surface area contributed by atoms with E-state index < -0.39 is 17.5 Å². The minimum absolute atomic E-state index is 0.0999. The van der Waals surface area contributed by atoms with Crippen LogP contribution in [0.4, 0.5) is 8.78 Å². The smallest absolute Gasteiger partial charge is 0.257 e. The summed E-state index contributed by atoms with van der Waals surface area (Å²) in [6, 6.07) is 2.89. The summed E-state index contributed by atoms with van der Waals surface area (Å²) in [5, 5.41) is 0. The number of hydrogen-bond donors (Lipinski definition) is 0. The van der Waals surface area contributed by atoms with E-state index in [2.05, 4.69) is 0 Å². The van der Waals surface area contributed by atoms with Crippen LogP contribution in [0.2, 0.25) is 0 Å². The highest BCUT2D eigenvalue weighted by molar-refractivity contribution is 5.94. The third-order valence-electron chi connectivity index (χ3n) is 3.23. The van der Waals surface area contributed by atoms with Crippen LogP contribution >= 0.6 is 0 Å². The summed E-state index contributed by atoms with van der Waals surface area (Å²) >= 11 is 0. The largest absolute Gasteiger partial charge is 0.377 e. The van der Waals surface area contributed by atoms with Gasteiger partial charge in [0.1, 0.15) is 11.6 Å². The average molecular weight is 284 g/mol. The lowest BCUT2D eigenvalue weighted by molar-refractivity contribution is -0.00852. The van der Waals surface area contributed by atoms with Crippen molar-refractivity contribution >= 4 is 5.91 Å². The van der Waals surface area contributed by atoms with E-state index in [1.165, 1.54) is 6.07 Å². The standard InChI is InChI=1S/C14H18F2N2O2/c1-17(2)8-11-9-20-6-5-18(11)14(19)12-4-3-10(15)7-13(12)16/h3-4,7,11H,5-6,8-9H2,1-2H3. The summed E-state index contributed by atoms with van der Waals surface area (Å²) in [6.45, 7) is 1.90. The first-order valence-electron chi connectivity index (χ1n) is 6.47. The monoisotopic (exact) mass is 284 g/mol. The lowest BCUT2D eigenvalue weighted by Crippen LogP contribution is -2.52. The molecule has 20 heavy (non-hydrogen) atoms. The third-order valence-corrected chi connectivity index (χ3v) is 3.23. The highest BCUT2D eigenvalue weighted by Crippen LogP contribution is 2.16. The molecule has 1 aromatic rings. The number of rotatable bonds is 3. The summed E-state index contributed by atoms with van der Waals surface area (Å²) in [5.74, 6) is -1.94. The molecule has 0 spiro atoms. The predicted octanol–water partition coefficient (Wildman–Crippen LogP) is 1.37. The van der Waals surface area contributed by atoms with E-state index >= 15 is 0 Å². The molecule has 0 aliphatic carbocycles. The quantitative estimate of drug-likeness (QED) is 0.840. The summed E-state index contributed by atoms with van der Waals surface area (Å²) in [6.07, 6.45) is 0. The van der Waals surface area contributed by atoms with Gasteiger partial charge in [-0.3, -0.25) is 4.79 Å². The summed E-state index contributed by atoms with van der Waals surface area (Å²) in [4.78, 5) is 16.0. The van der Waals surface area contributed by atoms with Crippen LogP contribution in [-0.4, -0.2) is 62.1 Å². The van der Waals surface area contributed by atoms with Gasteiger partial charge in [-0.25, -0.2) is 8.78 Å². The molecule has 1 atom stereocenters. The molecule has 2 rings (SSSR count). The van der Waals surface area contributed by atoms with Crippen molar-refractivity contribution in [2.45, 2.75) is 6.04 Å². The van der Waals surface area contributed by atoms with Gasteiger partial charge in [-0.2, -0.15) is 0 Å². The van der Waals surface area contributed by atoms with Crippen LogP contribution in [0.25, 0.3) is 0 Å². The molecular weight excluding hydrogens is 266 g/mol. The van der Waals surface area contributed by atoms with Crippen LogP contribution in [0.1, 0.15) is 10.4 Å². The Bertz CT molecular complexity index is 494. The Morgan fingerprint density at radius 2 is 2.20 bits per heavy atom. The van der Waals surface area contributed by atoms with E-state index in [1.807, 2.05) is 19.0 Å². The Hall–Kier alpha value is -1.53. The molecule has 1 heterocycles. The Labute approximate surface area is 116 Å². The van der Waals surface area contributed by atoms with Gasteiger partial charge >= 0.3 is 0 Å². The predicted molar refractivity (Wildman–Crippen MR) is 70.6 cm³/mol. The number of ether oxygens (including phenoxy) is 1. The second kappa shape index (κ2) is 6.28. The summed E-state index contributed by atoms with van der Waals surface area (Å²) in [7, 11) is 3.80. The molecule has 0 radical (unpaired) electrons. The normalized spacial score (nSPS) is 19.4. The van der Waals surface area contributed by atoms with Crippen molar-refractivity contribution in [1.29, 1.82) is 0 Å². The molecule has 1 aromatic carbocycles. The molecule has 1 amide bonds. The van der Waals surface area contributed by atoms with Crippen molar-refractivity contribution in [1.82, 2.24) is 9.80 Å². The van der Waals surface area contributed by atoms with E-state index in [0.29, 0.717) is 26.3 Å². The van der Waals surface area contributed by atoms with E-state index in [9.17, 15) is 13.6 Å². The highest BCUT2D eigenvalue weighted by Gasteiger charge is 2.29. The second-order valence-corrected chi connectivity index (χ2v) is 5.11. The van der Waals surface area contributed by atoms with Gasteiger partial charge in [0, 0.05) is 19.2 Å². The van der Waals surface area contributed by atoms with Gasteiger partial charge in [0.25, 0.3) is 5.91 Å². The molecule has 6 heteroatoms. The molecule has 110 valence electrons. The number of likely N-dealkylation sites (N-methyl/N-ethyl adjacent to an activating group) is 1. The molecule has 4 nitrogen and oxygen atoms in total. The SMILES string of the molecule is CN(C)CC1COCCN1C(=O)c1ccc(F)cc1F. The number of nitrogens with zero attached hydrogens (tertiary/aromatic N) is 2. The van der Waals surface area contributed by atoms with Gasteiger partial charge < -0.3 is 14.5 Å². The van der Waals surface area contributed by atoms with Crippen molar-refractivity contribution in [3.63, 3.8) is 0 Å². The fourth-order valence-electron chi connectivity index (χ4n) is 2.31. The number of morpholine rings is 1. The third kappa shape index (κ3) is 3.32. The van der Waals surface area contributed by atoms with Crippen LogP contribution in [0.3, 0.4) is 0 Å². The number of carbonyl (C=O) groups is 1. The molecule has 0 saturated carbocycles. The maximum Gasteiger partial charge on any atom is 0.257 e. The molecule has 0 aromatic heterocycles. The zero-order valence-corrected chi connectivity index (χ0v) is 11.6. The minimum Gasteiger partial charge on any atom is -0.377 e. The van der Waals surface area contributed by atoms with E-state index in [-0.39, 0.29) is 11.6 Å². The Morgan fingerprint density at radius 1 is 1.45 bits per heavy atom. The lowest BCUT2D eigenvalue weighted by Gasteiger charge is -2.37. The number of halogens is 2. The van der Waals surface area contributed by atoms with Crippen LogP contribution in [0.15, 0.2) is 18.2 Å². The topological polar surface area (TPSA) is 32.8 Å². The maximum atomic E-state index is 13.7. The average Bonchev–Trinajstić information content (AvgIpc) is 2.38. The Kier molecular flexibility index (Phi) is 4.67. The Balaban J connectivity index is 2.20. The van der Waals surface area contributed by atoms with Crippen molar-refractivity contribution in [2.24, 2.45) is 0 Å².